The molecule has 0 spiro atoms. The van der Waals surface area contributed by atoms with Crippen LogP contribution in [0.5, 0.6) is 0 Å². The van der Waals surface area contributed by atoms with E-state index in [1.54, 1.807) is 0 Å². The molecule has 1 nitrogen and oxygen atoms in total. The van der Waals surface area contributed by atoms with Gasteiger partial charge in [0.25, 0.3) is 0 Å². The van der Waals surface area contributed by atoms with E-state index in [2.05, 4.69) is 34.1 Å². The van der Waals surface area contributed by atoms with Crippen molar-refractivity contribution in [2.75, 3.05) is 0 Å². The van der Waals surface area contributed by atoms with Crippen molar-refractivity contribution in [3.63, 3.8) is 0 Å². The first kappa shape index (κ1) is 13.3. The van der Waals surface area contributed by atoms with Crippen LogP contribution >= 0.6 is 15.9 Å². The lowest BCUT2D eigenvalue weighted by atomic mass is 9.96. The van der Waals surface area contributed by atoms with Gasteiger partial charge in [-0.1, -0.05) is 57.9 Å². The van der Waals surface area contributed by atoms with Crippen LogP contribution in [-0.2, 0) is 6.42 Å². The summed E-state index contributed by atoms with van der Waals surface area (Å²) >= 11 is 3.52. The zero-order valence-corrected chi connectivity index (χ0v) is 12.2. The summed E-state index contributed by atoms with van der Waals surface area (Å²) in [7, 11) is 0. The number of benzene rings is 2. The van der Waals surface area contributed by atoms with Gasteiger partial charge in [0.15, 0.2) is 0 Å². The zero-order chi connectivity index (χ0) is 13.1. The topological polar surface area (TPSA) is 20.2 Å². The van der Waals surface area contributed by atoms with Crippen LogP contribution < -0.4 is 0 Å². The normalized spacial score (nSPS) is 12.4. The van der Waals surface area contributed by atoms with Gasteiger partial charge in [0.1, 0.15) is 0 Å². The fourth-order valence-corrected chi connectivity index (χ4v) is 2.55. The summed E-state index contributed by atoms with van der Waals surface area (Å²) in [4.78, 5) is 0. The molecule has 2 heteroatoms. The molecule has 1 N–H and O–H groups in total. The molecular formula is C16H17BrO. The minimum atomic E-state index is -0.455. The van der Waals surface area contributed by atoms with Crippen LogP contribution in [0.2, 0.25) is 0 Å². The smallest absolute Gasteiger partial charge is 0.0833 e. The number of rotatable bonds is 3. The molecule has 1 atom stereocenters. The van der Waals surface area contributed by atoms with Crippen molar-refractivity contribution in [1.29, 1.82) is 0 Å². The predicted octanol–water partition coefficient (Wildman–Crippen LogP) is 4.34. The fraction of sp³-hybridized carbons (Fsp3) is 0.250. The zero-order valence-electron chi connectivity index (χ0n) is 10.7. The second-order valence-electron chi connectivity index (χ2n) is 4.67. The average Bonchev–Trinajstić information content (AvgIpc) is 2.35. The van der Waals surface area contributed by atoms with Gasteiger partial charge in [0, 0.05) is 10.9 Å². The maximum Gasteiger partial charge on any atom is 0.0833 e. The second-order valence-corrected chi connectivity index (χ2v) is 5.53. The molecule has 0 saturated carbocycles. The molecule has 2 rings (SSSR count). The van der Waals surface area contributed by atoms with E-state index in [4.69, 9.17) is 0 Å². The van der Waals surface area contributed by atoms with Crippen molar-refractivity contribution in [1.82, 2.24) is 0 Å². The summed E-state index contributed by atoms with van der Waals surface area (Å²) in [6, 6.07) is 14.2. The van der Waals surface area contributed by atoms with E-state index in [1.807, 2.05) is 38.1 Å². The van der Waals surface area contributed by atoms with Gasteiger partial charge in [-0.25, -0.2) is 0 Å². The molecule has 0 heterocycles. The quantitative estimate of drug-likeness (QED) is 0.894. The van der Waals surface area contributed by atoms with Crippen LogP contribution in [-0.4, -0.2) is 5.11 Å². The third kappa shape index (κ3) is 3.01. The van der Waals surface area contributed by atoms with Crippen LogP contribution in [0.15, 0.2) is 46.9 Å². The van der Waals surface area contributed by atoms with E-state index in [9.17, 15) is 5.11 Å². The van der Waals surface area contributed by atoms with Crippen LogP contribution in [0, 0.1) is 13.8 Å². The Morgan fingerprint density at radius 3 is 2.56 bits per heavy atom. The number of halogens is 1. The molecule has 94 valence electrons. The molecule has 0 amide bonds. The Morgan fingerprint density at radius 1 is 1.11 bits per heavy atom. The number of aliphatic hydroxyl groups excluding tert-OH is 1. The van der Waals surface area contributed by atoms with E-state index in [0.717, 1.165) is 21.2 Å². The first-order valence-corrected chi connectivity index (χ1v) is 6.86. The lowest BCUT2D eigenvalue weighted by Gasteiger charge is -2.15. The van der Waals surface area contributed by atoms with Gasteiger partial charge in [0.2, 0.25) is 0 Å². The maximum absolute atomic E-state index is 10.4. The van der Waals surface area contributed by atoms with E-state index in [1.165, 1.54) is 5.56 Å². The Bertz CT molecular complexity index is 549. The minimum Gasteiger partial charge on any atom is -0.388 e. The Hall–Kier alpha value is -1.12. The predicted molar refractivity (Wildman–Crippen MR) is 78.7 cm³/mol. The SMILES string of the molecule is Cc1ccc(C)c(C(O)Cc2ccccc2Br)c1. The van der Waals surface area contributed by atoms with Crippen LogP contribution in [0.3, 0.4) is 0 Å². The highest BCUT2D eigenvalue weighted by atomic mass is 79.9. The molecule has 0 aromatic heterocycles. The molecule has 2 aromatic carbocycles. The third-order valence-corrected chi connectivity index (χ3v) is 3.94. The summed E-state index contributed by atoms with van der Waals surface area (Å²) < 4.78 is 1.05. The van der Waals surface area contributed by atoms with Gasteiger partial charge in [-0.05, 0) is 36.6 Å². The van der Waals surface area contributed by atoms with E-state index >= 15 is 0 Å². The highest BCUT2D eigenvalue weighted by molar-refractivity contribution is 9.10. The number of aliphatic hydroxyl groups is 1. The van der Waals surface area contributed by atoms with E-state index in [0.29, 0.717) is 6.42 Å². The molecule has 0 aliphatic rings. The first-order valence-electron chi connectivity index (χ1n) is 6.06. The Labute approximate surface area is 117 Å². The van der Waals surface area contributed by atoms with Gasteiger partial charge in [0.05, 0.1) is 6.10 Å². The van der Waals surface area contributed by atoms with Gasteiger partial charge >= 0.3 is 0 Å². The Balaban J connectivity index is 2.25. The Kier molecular flexibility index (Phi) is 4.20. The van der Waals surface area contributed by atoms with Crippen molar-refractivity contribution in [2.45, 2.75) is 26.4 Å². The molecular weight excluding hydrogens is 288 g/mol. The van der Waals surface area contributed by atoms with Crippen molar-refractivity contribution >= 4 is 15.9 Å². The standard InChI is InChI=1S/C16H17BrO/c1-11-7-8-12(2)14(9-11)16(18)10-13-5-3-4-6-15(13)17/h3-9,16,18H,10H2,1-2H3. The summed E-state index contributed by atoms with van der Waals surface area (Å²) in [5.41, 5.74) is 4.47. The lowest BCUT2D eigenvalue weighted by Crippen LogP contribution is -2.04. The van der Waals surface area contributed by atoms with Gasteiger partial charge in [-0.15, -0.1) is 0 Å². The molecule has 0 saturated heterocycles. The first-order chi connectivity index (χ1) is 8.58. The summed E-state index contributed by atoms with van der Waals surface area (Å²) in [6.45, 7) is 4.09. The minimum absolute atomic E-state index is 0.455. The van der Waals surface area contributed by atoms with Crippen molar-refractivity contribution < 1.29 is 5.11 Å². The third-order valence-electron chi connectivity index (χ3n) is 3.16. The summed E-state index contributed by atoms with van der Waals surface area (Å²) in [6.07, 6.45) is 0.176. The van der Waals surface area contributed by atoms with Gasteiger partial charge in [-0.2, -0.15) is 0 Å². The van der Waals surface area contributed by atoms with E-state index < -0.39 is 6.10 Å². The molecule has 0 bridgehead atoms. The average molecular weight is 305 g/mol. The maximum atomic E-state index is 10.4. The monoisotopic (exact) mass is 304 g/mol. The molecule has 18 heavy (non-hydrogen) atoms. The van der Waals surface area contributed by atoms with Crippen LogP contribution in [0.1, 0.15) is 28.4 Å². The molecule has 0 fully saturated rings. The second kappa shape index (κ2) is 5.68. The Morgan fingerprint density at radius 2 is 1.83 bits per heavy atom. The van der Waals surface area contributed by atoms with Crippen molar-refractivity contribution in [3.05, 3.63) is 69.2 Å². The molecule has 1 unspecified atom stereocenters. The highest BCUT2D eigenvalue weighted by Gasteiger charge is 2.12. The summed E-state index contributed by atoms with van der Waals surface area (Å²) in [5, 5.41) is 10.4. The number of hydrogen-bond donors (Lipinski definition) is 1. The summed E-state index contributed by atoms with van der Waals surface area (Å²) in [5.74, 6) is 0. The highest BCUT2D eigenvalue weighted by Crippen LogP contribution is 2.26. The number of hydrogen-bond acceptors (Lipinski definition) is 1. The molecule has 0 aliphatic heterocycles. The number of aryl methyl sites for hydroxylation is 2. The fourth-order valence-electron chi connectivity index (χ4n) is 2.10. The van der Waals surface area contributed by atoms with Crippen LogP contribution in [0.4, 0.5) is 0 Å². The van der Waals surface area contributed by atoms with E-state index in [-0.39, 0.29) is 0 Å². The van der Waals surface area contributed by atoms with Gasteiger partial charge in [-0.3, -0.25) is 0 Å². The van der Waals surface area contributed by atoms with Crippen molar-refractivity contribution in [3.8, 4) is 0 Å². The van der Waals surface area contributed by atoms with Crippen molar-refractivity contribution in [2.24, 2.45) is 0 Å². The largest absolute Gasteiger partial charge is 0.388 e. The van der Waals surface area contributed by atoms with Crippen LogP contribution in [0.25, 0.3) is 0 Å². The molecule has 0 aliphatic carbocycles. The van der Waals surface area contributed by atoms with Gasteiger partial charge < -0.3 is 5.11 Å². The molecule has 0 radical (unpaired) electrons. The molecule has 2 aromatic rings. The lowest BCUT2D eigenvalue weighted by molar-refractivity contribution is 0.177.